The maximum atomic E-state index is 11.7. The molecular formula is C44H54IrN2O2Si-2. The van der Waals surface area contributed by atoms with E-state index in [0.29, 0.717) is 0 Å². The van der Waals surface area contributed by atoms with Crippen molar-refractivity contribution in [3.63, 3.8) is 0 Å². The molecule has 5 rings (SSSR count). The van der Waals surface area contributed by atoms with Crippen LogP contribution in [-0.2, 0) is 24.9 Å². The van der Waals surface area contributed by atoms with Crippen molar-refractivity contribution in [3.8, 4) is 22.5 Å². The van der Waals surface area contributed by atoms with Crippen LogP contribution in [0.4, 0.5) is 0 Å². The summed E-state index contributed by atoms with van der Waals surface area (Å²) in [6.45, 7) is 19.4. The van der Waals surface area contributed by atoms with Gasteiger partial charge in [-0.05, 0) is 60.0 Å². The molecule has 3 aromatic carbocycles. The predicted molar refractivity (Wildman–Crippen MR) is 211 cm³/mol. The third-order valence-corrected chi connectivity index (χ3v) is 10.8. The number of fused-ring (bicyclic) bond motifs is 1. The van der Waals surface area contributed by atoms with Crippen molar-refractivity contribution in [2.24, 2.45) is 11.8 Å². The first-order chi connectivity index (χ1) is 23.4. The normalized spacial score (nSPS) is 11.3. The van der Waals surface area contributed by atoms with Crippen LogP contribution in [0.15, 0.2) is 103 Å². The number of benzene rings is 3. The molecule has 0 fully saturated rings. The van der Waals surface area contributed by atoms with E-state index in [1.807, 2.05) is 76.4 Å². The van der Waals surface area contributed by atoms with Crippen LogP contribution in [0, 0.1) is 37.8 Å². The van der Waals surface area contributed by atoms with Gasteiger partial charge in [-0.25, -0.2) is 0 Å². The van der Waals surface area contributed by atoms with Gasteiger partial charge < -0.3 is 15.1 Å². The molecule has 0 unspecified atom stereocenters. The third-order valence-electron chi connectivity index (χ3n) is 8.77. The van der Waals surface area contributed by atoms with E-state index >= 15 is 0 Å². The van der Waals surface area contributed by atoms with Crippen LogP contribution in [0.5, 0.6) is 0 Å². The smallest absolute Gasteiger partial charge is 0.162 e. The molecule has 0 saturated heterocycles. The van der Waals surface area contributed by atoms with Crippen molar-refractivity contribution in [1.29, 1.82) is 0 Å². The van der Waals surface area contributed by atoms with Gasteiger partial charge in [0.2, 0.25) is 0 Å². The Kier molecular flexibility index (Phi) is 17.7. The van der Waals surface area contributed by atoms with Crippen LogP contribution in [-0.4, -0.2) is 28.9 Å². The summed E-state index contributed by atoms with van der Waals surface area (Å²) in [6.07, 6.45) is 8.61. The van der Waals surface area contributed by atoms with Crippen LogP contribution in [0.3, 0.4) is 0 Å². The topological polar surface area (TPSA) is 63.1 Å². The molecule has 0 bridgehead atoms. The molecular weight excluding hydrogens is 809 g/mol. The van der Waals surface area contributed by atoms with Crippen LogP contribution < -0.4 is 5.19 Å². The molecule has 0 aliphatic carbocycles. The number of carbonyl (C=O) groups excluding carboxylic acids is 1. The first-order valence-corrected chi connectivity index (χ1v) is 21.1. The molecule has 5 aromatic rings. The number of rotatable bonds is 10. The number of hydrogen-bond donors (Lipinski definition) is 1. The van der Waals surface area contributed by atoms with E-state index in [4.69, 9.17) is 0 Å². The molecule has 2 heterocycles. The fourth-order valence-electron chi connectivity index (χ4n) is 5.74. The first-order valence-electron chi connectivity index (χ1n) is 17.6. The zero-order chi connectivity index (χ0) is 36.0. The Hall–Kier alpha value is -3.70. The number of hydrogen-bond acceptors (Lipinski definition) is 4. The quantitative estimate of drug-likeness (QED) is 0.0658. The van der Waals surface area contributed by atoms with Gasteiger partial charge in [-0.1, -0.05) is 96.7 Å². The van der Waals surface area contributed by atoms with Gasteiger partial charge in [0.05, 0.1) is 13.8 Å². The van der Waals surface area contributed by atoms with Gasteiger partial charge in [-0.3, -0.25) is 4.79 Å². The summed E-state index contributed by atoms with van der Waals surface area (Å²) in [4.78, 5) is 20.6. The van der Waals surface area contributed by atoms with Gasteiger partial charge >= 0.3 is 0 Å². The van der Waals surface area contributed by atoms with Gasteiger partial charge in [0.25, 0.3) is 0 Å². The zero-order valence-electron chi connectivity index (χ0n) is 31.3. The Bertz CT molecular complexity index is 1730. The SMILES string of the molecule is CCC(CC)C(=O)/C=C(\O)C(CC)CC.Cc1[c-]c(-c2nccc3cc([Si](C)(C)C)ccc23)cc(C)c1.[Ir].[c-]1ccccc1-c1ccccn1. The van der Waals surface area contributed by atoms with E-state index in [9.17, 15) is 9.90 Å². The summed E-state index contributed by atoms with van der Waals surface area (Å²) in [5.41, 5.74) is 6.54. The number of ketones is 1. The predicted octanol–water partition coefficient (Wildman–Crippen LogP) is 11.3. The molecule has 0 aliphatic rings. The maximum Gasteiger partial charge on any atom is 0.162 e. The number of aliphatic hydroxyl groups excluding tert-OH is 1. The first kappa shape index (κ1) is 42.5. The number of aromatic nitrogens is 2. The second-order valence-electron chi connectivity index (χ2n) is 13.6. The molecule has 0 saturated carbocycles. The molecule has 0 spiro atoms. The summed E-state index contributed by atoms with van der Waals surface area (Å²) in [5, 5.41) is 13.7. The molecule has 1 radical (unpaired) electrons. The minimum absolute atomic E-state index is 0. The van der Waals surface area contributed by atoms with Crippen molar-refractivity contribution in [1.82, 2.24) is 9.97 Å². The molecule has 50 heavy (non-hydrogen) atoms. The number of pyridine rings is 2. The Morgan fingerprint density at radius 3 is 2.04 bits per heavy atom. The molecule has 2 aromatic heterocycles. The number of aryl methyl sites for hydroxylation is 2. The van der Waals surface area contributed by atoms with Gasteiger partial charge in [0.15, 0.2) is 5.78 Å². The van der Waals surface area contributed by atoms with Gasteiger partial charge in [0, 0.05) is 50.4 Å². The molecule has 6 heteroatoms. The number of allylic oxidation sites excluding steroid dienone is 2. The van der Waals surface area contributed by atoms with E-state index in [1.165, 1.54) is 27.6 Å². The zero-order valence-corrected chi connectivity index (χ0v) is 34.7. The van der Waals surface area contributed by atoms with E-state index in [1.54, 1.807) is 6.20 Å². The Balaban J connectivity index is 0.000000272. The van der Waals surface area contributed by atoms with Crippen LogP contribution >= 0.6 is 0 Å². The van der Waals surface area contributed by atoms with Crippen molar-refractivity contribution in [3.05, 3.63) is 126 Å². The number of carbonyl (C=O) groups is 1. The van der Waals surface area contributed by atoms with E-state index in [0.717, 1.165) is 53.8 Å². The summed E-state index contributed by atoms with van der Waals surface area (Å²) < 4.78 is 0. The Morgan fingerprint density at radius 2 is 1.48 bits per heavy atom. The minimum Gasteiger partial charge on any atom is -0.512 e. The summed E-state index contributed by atoms with van der Waals surface area (Å²) in [5.74, 6) is 0.547. The fourth-order valence-corrected chi connectivity index (χ4v) is 6.91. The van der Waals surface area contributed by atoms with Gasteiger partial charge in [-0.2, -0.15) is 0 Å². The second kappa shape index (κ2) is 20.8. The summed E-state index contributed by atoms with van der Waals surface area (Å²) in [6, 6.07) is 33.6. The molecule has 0 atom stereocenters. The van der Waals surface area contributed by atoms with Gasteiger partial charge in [0.1, 0.15) is 0 Å². The van der Waals surface area contributed by atoms with Crippen LogP contribution in [0.2, 0.25) is 19.6 Å². The van der Waals surface area contributed by atoms with Crippen LogP contribution in [0.1, 0.15) is 64.5 Å². The van der Waals surface area contributed by atoms with Gasteiger partial charge in [-0.15, -0.1) is 70.8 Å². The second-order valence-corrected chi connectivity index (χ2v) is 18.7. The largest absolute Gasteiger partial charge is 0.512 e. The van der Waals surface area contributed by atoms with E-state index in [-0.39, 0.29) is 43.5 Å². The van der Waals surface area contributed by atoms with Crippen LogP contribution in [0.25, 0.3) is 33.3 Å². The molecule has 1 N–H and O–H groups in total. The molecule has 0 amide bonds. The number of aliphatic hydroxyl groups is 1. The Labute approximate surface area is 315 Å². The van der Waals surface area contributed by atoms with Crippen molar-refractivity contribution >= 4 is 29.8 Å². The Morgan fingerprint density at radius 1 is 0.800 bits per heavy atom. The minimum atomic E-state index is -1.29. The molecule has 267 valence electrons. The van der Waals surface area contributed by atoms with Crippen molar-refractivity contribution in [2.45, 2.75) is 86.9 Å². The maximum absolute atomic E-state index is 11.7. The summed E-state index contributed by atoms with van der Waals surface area (Å²) >= 11 is 0. The monoisotopic (exact) mass is 863 g/mol. The molecule has 0 aliphatic heterocycles. The third kappa shape index (κ3) is 12.6. The van der Waals surface area contributed by atoms with Crippen molar-refractivity contribution in [2.75, 3.05) is 0 Å². The van der Waals surface area contributed by atoms with E-state index in [2.05, 4.69) is 92.0 Å². The summed E-state index contributed by atoms with van der Waals surface area (Å²) in [7, 11) is -1.29. The fraction of sp³-hybridized carbons (Fsp3) is 0.341. The number of nitrogens with zero attached hydrogens (tertiary/aromatic N) is 2. The standard InChI is InChI=1S/C20H22NSi.C13H24O2.C11H8N.Ir/c1-14-10-15(2)12-17(11-14)20-19-7-6-18(22(3,4)5)13-16(19)8-9-21-20;1-5-10(6-2)12(14)9-13(15)11(7-3)8-4;1-2-6-10(7-3-1)11-8-4-5-9-12-11;/h6-11,13H,1-5H3;9-11,14H,5-8H2,1-4H3;1-6,8-9H;/q-1;;-1;/b;12-9-;;. The van der Waals surface area contributed by atoms with Crippen molar-refractivity contribution < 1.29 is 30.0 Å². The van der Waals surface area contributed by atoms with E-state index < -0.39 is 8.07 Å². The molecule has 4 nitrogen and oxygen atoms in total. The average molecular weight is 863 g/mol. The average Bonchev–Trinajstić information content (AvgIpc) is 3.09.